The van der Waals surface area contributed by atoms with Gasteiger partial charge >= 0.3 is 0 Å². The molecule has 0 aliphatic rings. The smallest absolute Gasteiger partial charge is 0.226 e. The molecule has 3 aromatic rings. The largest absolute Gasteiger partial charge is 0.497 e. The molecule has 0 saturated heterocycles. The van der Waals surface area contributed by atoms with Crippen molar-refractivity contribution in [2.75, 3.05) is 19.0 Å². The zero-order valence-electron chi connectivity index (χ0n) is 16.9. The number of aromatic nitrogens is 1. The summed E-state index contributed by atoms with van der Waals surface area (Å²) in [5, 5.41) is 6.08. The maximum atomic E-state index is 12.2. The van der Waals surface area contributed by atoms with Gasteiger partial charge in [0.05, 0.1) is 23.9 Å². The van der Waals surface area contributed by atoms with Crippen molar-refractivity contribution >= 4 is 49.9 Å². The molecule has 0 atom stereocenters. The van der Waals surface area contributed by atoms with E-state index >= 15 is 0 Å². The normalized spacial score (nSPS) is 10.7. The van der Waals surface area contributed by atoms with Gasteiger partial charge in [-0.05, 0) is 77.7 Å². The summed E-state index contributed by atoms with van der Waals surface area (Å²) in [6.45, 7) is 4.31. The molecule has 0 radical (unpaired) electrons. The molecule has 0 spiro atoms. The molecule has 1 aromatic heterocycles. The lowest BCUT2D eigenvalue weighted by Crippen LogP contribution is -2.12. The van der Waals surface area contributed by atoms with Crippen molar-refractivity contribution < 1.29 is 14.3 Å². The monoisotopic (exact) mass is 508 g/mol. The van der Waals surface area contributed by atoms with Gasteiger partial charge < -0.3 is 14.8 Å². The number of methoxy groups -OCH3 is 1. The van der Waals surface area contributed by atoms with Gasteiger partial charge in [0.25, 0.3) is 0 Å². The third-order valence-corrected chi connectivity index (χ3v) is 6.84. The number of aryl methyl sites for hydroxylation is 1. The molecule has 0 bridgehead atoms. The van der Waals surface area contributed by atoms with Crippen LogP contribution in [0.3, 0.4) is 0 Å². The summed E-state index contributed by atoms with van der Waals surface area (Å²) in [6.07, 6.45) is 0.941. The molecule has 3 rings (SSSR count). The Morgan fingerprint density at radius 3 is 2.70 bits per heavy atom. The molecule has 0 fully saturated rings. The van der Waals surface area contributed by atoms with Crippen LogP contribution in [0, 0.1) is 13.8 Å². The molecule has 0 aliphatic carbocycles. The Kier molecular flexibility index (Phi) is 7.75. The van der Waals surface area contributed by atoms with Crippen LogP contribution in [0.2, 0.25) is 5.02 Å². The van der Waals surface area contributed by atoms with E-state index < -0.39 is 0 Å². The first-order valence-electron chi connectivity index (χ1n) is 9.37. The maximum Gasteiger partial charge on any atom is 0.226 e. The zero-order chi connectivity index (χ0) is 21.7. The highest BCUT2D eigenvalue weighted by molar-refractivity contribution is 9.10. The van der Waals surface area contributed by atoms with Crippen molar-refractivity contribution in [3.05, 3.63) is 56.3 Å². The molecule has 8 heteroatoms. The molecule has 1 heterocycles. The number of carbonyl (C=O) groups is 1. The van der Waals surface area contributed by atoms with Gasteiger partial charge in [-0.25, -0.2) is 4.98 Å². The fourth-order valence-electron chi connectivity index (χ4n) is 2.83. The molecule has 5 nitrogen and oxygen atoms in total. The van der Waals surface area contributed by atoms with E-state index in [1.165, 1.54) is 11.3 Å². The van der Waals surface area contributed by atoms with Gasteiger partial charge in [-0.3, -0.25) is 4.79 Å². The highest BCUT2D eigenvalue weighted by Crippen LogP contribution is 2.35. The number of nitrogens with zero attached hydrogens (tertiary/aromatic N) is 1. The van der Waals surface area contributed by atoms with Crippen LogP contribution in [0.5, 0.6) is 11.5 Å². The Bertz CT molecular complexity index is 1040. The molecule has 1 N–H and O–H groups in total. The Hall–Kier alpha value is -2.09. The summed E-state index contributed by atoms with van der Waals surface area (Å²) >= 11 is 11.2. The van der Waals surface area contributed by atoms with E-state index in [9.17, 15) is 4.79 Å². The van der Waals surface area contributed by atoms with Gasteiger partial charge in [-0.15, -0.1) is 11.3 Å². The minimum Gasteiger partial charge on any atom is -0.497 e. The van der Waals surface area contributed by atoms with Crippen LogP contribution in [0.1, 0.15) is 24.0 Å². The first kappa shape index (κ1) is 22.6. The quantitative estimate of drug-likeness (QED) is 0.345. The summed E-state index contributed by atoms with van der Waals surface area (Å²) in [5.41, 5.74) is 3.70. The standard InChI is InChI=1S/C22H22BrClN2O3S/c1-13-11-18(20(23)14(2)21(13)24)29-10-4-5-19(27)26-22-25-17(12-30-22)15-6-8-16(28-3)9-7-15/h6-9,11-12H,4-5,10H2,1-3H3,(H,25,26,27). The summed E-state index contributed by atoms with van der Waals surface area (Å²) in [4.78, 5) is 16.7. The number of nitrogens with one attached hydrogen (secondary N) is 1. The lowest BCUT2D eigenvalue weighted by atomic mass is 10.1. The summed E-state index contributed by atoms with van der Waals surface area (Å²) < 4.78 is 11.8. The minimum atomic E-state index is -0.0863. The average molecular weight is 510 g/mol. The van der Waals surface area contributed by atoms with E-state index in [1.807, 2.05) is 49.6 Å². The van der Waals surface area contributed by atoms with Crippen LogP contribution in [0.25, 0.3) is 11.3 Å². The van der Waals surface area contributed by atoms with Gasteiger partial charge in [0.2, 0.25) is 5.91 Å². The van der Waals surface area contributed by atoms with Crippen LogP contribution in [0.4, 0.5) is 5.13 Å². The number of halogens is 2. The first-order valence-corrected chi connectivity index (χ1v) is 11.4. The Morgan fingerprint density at radius 2 is 2.00 bits per heavy atom. The van der Waals surface area contributed by atoms with Crippen molar-refractivity contribution in [1.29, 1.82) is 0 Å². The number of ether oxygens (including phenoxy) is 2. The van der Waals surface area contributed by atoms with Gasteiger partial charge in [0.1, 0.15) is 11.5 Å². The Labute approximate surface area is 193 Å². The van der Waals surface area contributed by atoms with E-state index in [1.54, 1.807) is 7.11 Å². The zero-order valence-corrected chi connectivity index (χ0v) is 20.1. The summed E-state index contributed by atoms with van der Waals surface area (Å²) in [6, 6.07) is 9.55. The van der Waals surface area contributed by atoms with Gasteiger partial charge in [0, 0.05) is 22.4 Å². The second kappa shape index (κ2) is 10.3. The molecule has 0 aliphatic heterocycles. The predicted molar refractivity (Wildman–Crippen MR) is 126 cm³/mol. The Morgan fingerprint density at radius 1 is 1.27 bits per heavy atom. The minimum absolute atomic E-state index is 0.0863. The molecular weight excluding hydrogens is 488 g/mol. The average Bonchev–Trinajstić information content (AvgIpc) is 3.21. The number of rotatable bonds is 8. The summed E-state index contributed by atoms with van der Waals surface area (Å²) in [7, 11) is 1.63. The fraction of sp³-hybridized carbons (Fsp3) is 0.273. The van der Waals surface area contributed by atoms with Gasteiger partial charge in [-0.2, -0.15) is 0 Å². The lowest BCUT2D eigenvalue weighted by Gasteiger charge is -2.13. The van der Waals surface area contributed by atoms with Crippen LogP contribution in [0.15, 0.2) is 40.2 Å². The number of anilines is 1. The van der Waals surface area contributed by atoms with E-state index in [0.717, 1.165) is 43.4 Å². The van der Waals surface area contributed by atoms with Crippen molar-refractivity contribution in [2.24, 2.45) is 0 Å². The lowest BCUT2D eigenvalue weighted by molar-refractivity contribution is -0.116. The van der Waals surface area contributed by atoms with Gasteiger partial charge in [0.15, 0.2) is 5.13 Å². The second-order valence-corrected chi connectivity index (χ2v) is 8.74. The Balaban J connectivity index is 1.48. The van der Waals surface area contributed by atoms with Crippen LogP contribution >= 0.6 is 38.9 Å². The van der Waals surface area contributed by atoms with Crippen LogP contribution < -0.4 is 14.8 Å². The van der Waals surface area contributed by atoms with Crippen molar-refractivity contribution in [2.45, 2.75) is 26.7 Å². The number of thiazole rings is 1. The van der Waals surface area contributed by atoms with Crippen LogP contribution in [-0.4, -0.2) is 24.6 Å². The maximum absolute atomic E-state index is 12.2. The van der Waals surface area contributed by atoms with Crippen molar-refractivity contribution in [3.8, 4) is 22.8 Å². The number of hydrogen-bond donors (Lipinski definition) is 1. The topological polar surface area (TPSA) is 60.5 Å². The molecule has 30 heavy (non-hydrogen) atoms. The number of hydrogen-bond acceptors (Lipinski definition) is 5. The SMILES string of the molecule is COc1ccc(-c2csc(NC(=O)CCCOc3cc(C)c(Cl)c(C)c3Br)n2)cc1. The van der Waals surface area contributed by atoms with E-state index in [-0.39, 0.29) is 5.91 Å². The number of amides is 1. The summed E-state index contributed by atoms with van der Waals surface area (Å²) in [5.74, 6) is 1.44. The predicted octanol–water partition coefficient (Wildman–Crippen LogP) is 6.65. The van der Waals surface area contributed by atoms with E-state index in [0.29, 0.717) is 24.6 Å². The molecule has 2 aromatic carbocycles. The number of carbonyl (C=O) groups excluding carboxylic acids is 1. The molecule has 0 unspecified atom stereocenters. The van der Waals surface area contributed by atoms with E-state index in [4.69, 9.17) is 21.1 Å². The van der Waals surface area contributed by atoms with E-state index in [2.05, 4.69) is 26.2 Å². The second-order valence-electron chi connectivity index (χ2n) is 6.71. The van der Waals surface area contributed by atoms with Crippen LogP contribution in [-0.2, 0) is 4.79 Å². The molecule has 1 amide bonds. The fourth-order valence-corrected chi connectivity index (χ4v) is 4.25. The van der Waals surface area contributed by atoms with Crippen molar-refractivity contribution in [3.63, 3.8) is 0 Å². The molecule has 158 valence electrons. The highest BCUT2D eigenvalue weighted by Gasteiger charge is 2.12. The molecule has 0 saturated carbocycles. The van der Waals surface area contributed by atoms with Crippen molar-refractivity contribution in [1.82, 2.24) is 4.98 Å². The number of benzene rings is 2. The molecular formula is C22H22BrClN2O3S. The van der Waals surface area contributed by atoms with Gasteiger partial charge in [-0.1, -0.05) is 11.6 Å². The third-order valence-electron chi connectivity index (χ3n) is 4.51. The highest BCUT2D eigenvalue weighted by atomic mass is 79.9. The third kappa shape index (κ3) is 5.53. The first-order chi connectivity index (χ1) is 14.4.